The van der Waals surface area contributed by atoms with Crippen molar-refractivity contribution in [3.05, 3.63) is 80.0 Å². The van der Waals surface area contributed by atoms with Crippen LogP contribution in [0.3, 0.4) is 0 Å². The lowest BCUT2D eigenvalue weighted by Gasteiger charge is -2.20. The number of aromatic hydroxyl groups is 1. The number of halogens is 1. The van der Waals surface area contributed by atoms with Gasteiger partial charge in [-0.1, -0.05) is 18.5 Å². The molecule has 0 atom stereocenters. The SMILES string of the molecule is CCC(=Nc1ccc(N(CC)CC)cc1)c1c(O)n(-c2ccc(Cl)cc2)c(=O)[nH]c1=O. The largest absolute Gasteiger partial charge is 0.493 e. The Morgan fingerprint density at radius 3 is 2.19 bits per heavy atom. The molecule has 0 bridgehead atoms. The molecule has 2 aromatic carbocycles. The Balaban J connectivity index is 2.09. The minimum absolute atomic E-state index is 0.0372. The van der Waals surface area contributed by atoms with E-state index in [9.17, 15) is 14.7 Å². The highest BCUT2D eigenvalue weighted by molar-refractivity contribution is 6.30. The van der Waals surface area contributed by atoms with E-state index in [0.717, 1.165) is 23.3 Å². The van der Waals surface area contributed by atoms with Crippen molar-refractivity contribution < 1.29 is 5.11 Å². The smallest absolute Gasteiger partial charge is 0.335 e. The topological polar surface area (TPSA) is 90.7 Å². The molecule has 0 aliphatic rings. The van der Waals surface area contributed by atoms with Crippen molar-refractivity contribution in [2.75, 3.05) is 18.0 Å². The van der Waals surface area contributed by atoms with Crippen LogP contribution in [0.15, 0.2) is 63.1 Å². The second kappa shape index (κ2) is 9.66. The minimum atomic E-state index is -0.743. The Morgan fingerprint density at radius 1 is 1.03 bits per heavy atom. The van der Waals surface area contributed by atoms with Gasteiger partial charge in [0.25, 0.3) is 5.56 Å². The third-order valence-corrected chi connectivity index (χ3v) is 5.29. The summed E-state index contributed by atoms with van der Waals surface area (Å²) in [6, 6.07) is 14.0. The van der Waals surface area contributed by atoms with Gasteiger partial charge < -0.3 is 10.0 Å². The van der Waals surface area contributed by atoms with Crippen LogP contribution in [0.2, 0.25) is 5.02 Å². The molecule has 7 nitrogen and oxygen atoms in total. The van der Waals surface area contributed by atoms with E-state index in [1.54, 1.807) is 24.3 Å². The molecule has 3 rings (SSSR count). The van der Waals surface area contributed by atoms with Crippen LogP contribution in [0.5, 0.6) is 5.88 Å². The molecule has 2 N–H and O–H groups in total. The van der Waals surface area contributed by atoms with Crippen LogP contribution in [-0.4, -0.2) is 33.5 Å². The molecule has 0 aliphatic carbocycles. The van der Waals surface area contributed by atoms with E-state index in [1.165, 1.54) is 0 Å². The number of aromatic amines is 1. The first-order valence-corrected chi connectivity index (χ1v) is 10.5. The molecule has 1 heterocycles. The van der Waals surface area contributed by atoms with E-state index in [-0.39, 0.29) is 5.56 Å². The van der Waals surface area contributed by atoms with Crippen LogP contribution in [0.25, 0.3) is 5.69 Å². The molecule has 0 fully saturated rings. The van der Waals surface area contributed by atoms with Gasteiger partial charge in [-0.15, -0.1) is 0 Å². The average molecular weight is 441 g/mol. The maximum atomic E-state index is 12.6. The van der Waals surface area contributed by atoms with E-state index in [0.29, 0.717) is 28.5 Å². The van der Waals surface area contributed by atoms with Crippen LogP contribution in [0, 0.1) is 0 Å². The van der Waals surface area contributed by atoms with Gasteiger partial charge >= 0.3 is 5.69 Å². The zero-order valence-electron chi connectivity index (χ0n) is 17.7. The molecular formula is C23H25ClN4O3. The van der Waals surface area contributed by atoms with Crippen molar-refractivity contribution in [1.82, 2.24) is 9.55 Å². The quantitative estimate of drug-likeness (QED) is 0.537. The molecule has 0 unspecified atom stereocenters. The summed E-state index contributed by atoms with van der Waals surface area (Å²) in [7, 11) is 0. The molecule has 0 radical (unpaired) electrons. The number of anilines is 1. The van der Waals surface area contributed by atoms with Gasteiger partial charge in [0.05, 0.1) is 17.1 Å². The predicted octanol–water partition coefficient (Wildman–Crippen LogP) is 4.26. The molecule has 0 amide bonds. The Labute approximate surface area is 185 Å². The number of rotatable bonds is 7. The van der Waals surface area contributed by atoms with E-state index >= 15 is 0 Å². The van der Waals surface area contributed by atoms with E-state index in [2.05, 4.69) is 28.7 Å². The van der Waals surface area contributed by atoms with Gasteiger partial charge in [-0.3, -0.25) is 14.8 Å². The fourth-order valence-electron chi connectivity index (χ4n) is 3.41. The first-order chi connectivity index (χ1) is 14.9. The lowest BCUT2D eigenvalue weighted by atomic mass is 10.1. The molecule has 8 heteroatoms. The lowest BCUT2D eigenvalue weighted by molar-refractivity contribution is 0.429. The molecule has 162 valence electrons. The molecular weight excluding hydrogens is 416 g/mol. The zero-order valence-corrected chi connectivity index (χ0v) is 18.5. The number of H-pyrrole nitrogens is 1. The molecule has 3 aromatic rings. The van der Waals surface area contributed by atoms with Crippen molar-refractivity contribution >= 4 is 28.7 Å². The predicted molar refractivity (Wildman–Crippen MR) is 126 cm³/mol. The maximum absolute atomic E-state index is 12.6. The first kappa shape index (κ1) is 22.4. The Hall–Kier alpha value is -3.32. The Kier molecular flexibility index (Phi) is 6.97. The monoisotopic (exact) mass is 440 g/mol. The standard InChI is InChI=1S/C23H25ClN4O3/c1-4-19(25-16-9-13-17(14-10-16)27(5-2)6-3)20-21(29)26-23(31)28(22(20)30)18-11-7-15(24)8-12-18/h7-14,30H,4-6H2,1-3H3,(H,26,29,31). The number of nitrogens with zero attached hydrogens (tertiary/aromatic N) is 3. The van der Waals surface area contributed by atoms with E-state index in [1.807, 2.05) is 31.2 Å². The first-order valence-electron chi connectivity index (χ1n) is 10.2. The average Bonchev–Trinajstić information content (AvgIpc) is 2.76. The van der Waals surface area contributed by atoms with Gasteiger partial charge in [0.2, 0.25) is 5.88 Å². The summed E-state index contributed by atoms with van der Waals surface area (Å²) in [5.74, 6) is -0.462. The molecule has 1 aromatic heterocycles. The van der Waals surface area contributed by atoms with Gasteiger partial charge in [-0.2, -0.15) is 0 Å². The van der Waals surface area contributed by atoms with Gasteiger partial charge in [0, 0.05) is 23.8 Å². The second-order valence-corrected chi connectivity index (χ2v) is 7.31. The Morgan fingerprint density at radius 2 is 1.65 bits per heavy atom. The number of benzene rings is 2. The summed E-state index contributed by atoms with van der Waals surface area (Å²) >= 11 is 5.92. The van der Waals surface area contributed by atoms with Crippen molar-refractivity contribution in [1.29, 1.82) is 0 Å². The number of nitrogens with one attached hydrogen (secondary N) is 1. The van der Waals surface area contributed by atoms with Gasteiger partial charge in [-0.05, 0) is 68.8 Å². The van der Waals surface area contributed by atoms with Crippen molar-refractivity contribution in [3.63, 3.8) is 0 Å². The van der Waals surface area contributed by atoms with E-state index < -0.39 is 17.1 Å². The summed E-state index contributed by atoms with van der Waals surface area (Å²) in [5, 5.41) is 11.3. The van der Waals surface area contributed by atoms with Crippen LogP contribution < -0.4 is 16.1 Å². The summed E-state index contributed by atoms with van der Waals surface area (Å²) < 4.78 is 1.03. The molecule has 31 heavy (non-hydrogen) atoms. The van der Waals surface area contributed by atoms with Crippen LogP contribution >= 0.6 is 11.6 Å². The van der Waals surface area contributed by atoms with Crippen LogP contribution in [0.4, 0.5) is 11.4 Å². The summed E-state index contributed by atoms with van der Waals surface area (Å²) in [6.07, 6.45) is 0.382. The summed E-state index contributed by atoms with van der Waals surface area (Å²) in [6.45, 7) is 7.81. The summed E-state index contributed by atoms with van der Waals surface area (Å²) in [4.78, 5) is 34.0. The fourth-order valence-corrected chi connectivity index (χ4v) is 3.54. The van der Waals surface area contributed by atoms with E-state index in [4.69, 9.17) is 11.6 Å². The van der Waals surface area contributed by atoms with Gasteiger partial charge in [0.15, 0.2) is 0 Å². The summed E-state index contributed by atoms with van der Waals surface area (Å²) in [5.41, 5.74) is 1.01. The van der Waals surface area contributed by atoms with Crippen LogP contribution in [-0.2, 0) is 0 Å². The Bertz CT molecular complexity index is 1190. The number of aromatic nitrogens is 2. The van der Waals surface area contributed by atoms with Crippen molar-refractivity contribution in [2.45, 2.75) is 27.2 Å². The van der Waals surface area contributed by atoms with Crippen molar-refractivity contribution in [3.8, 4) is 11.6 Å². The minimum Gasteiger partial charge on any atom is -0.493 e. The fraction of sp³-hybridized carbons (Fsp3) is 0.261. The second-order valence-electron chi connectivity index (χ2n) is 6.87. The van der Waals surface area contributed by atoms with Crippen molar-refractivity contribution in [2.24, 2.45) is 4.99 Å². The highest BCUT2D eigenvalue weighted by Crippen LogP contribution is 2.24. The number of hydrogen-bond acceptors (Lipinski definition) is 5. The number of hydrogen-bond donors (Lipinski definition) is 2. The third kappa shape index (κ3) is 4.72. The third-order valence-electron chi connectivity index (χ3n) is 5.04. The molecule has 0 spiro atoms. The highest BCUT2D eigenvalue weighted by Gasteiger charge is 2.19. The van der Waals surface area contributed by atoms with Gasteiger partial charge in [0.1, 0.15) is 5.56 Å². The highest BCUT2D eigenvalue weighted by atomic mass is 35.5. The molecule has 0 aliphatic heterocycles. The lowest BCUT2D eigenvalue weighted by Crippen LogP contribution is -2.33. The zero-order chi connectivity index (χ0) is 22.5. The van der Waals surface area contributed by atoms with Crippen LogP contribution in [0.1, 0.15) is 32.8 Å². The number of aliphatic imine (C=N–C) groups is 1. The maximum Gasteiger partial charge on any atom is 0.335 e. The van der Waals surface area contributed by atoms with Gasteiger partial charge in [-0.25, -0.2) is 9.36 Å². The molecule has 0 saturated heterocycles. The normalized spacial score (nSPS) is 11.5. The molecule has 0 saturated carbocycles.